The molecule has 2 aliphatic heterocycles. The maximum atomic E-state index is 13.6. The minimum atomic E-state index is -4.28. The van der Waals surface area contributed by atoms with E-state index in [9.17, 15) is 28.0 Å². The summed E-state index contributed by atoms with van der Waals surface area (Å²) in [5.41, 5.74) is 0.736. The molecule has 3 unspecified atom stereocenters. The highest BCUT2D eigenvalue weighted by Gasteiger charge is 2.55. The van der Waals surface area contributed by atoms with Gasteiger partial charge in [0.25, 0.3) is 0 Å². The van der Waals surface area contributed by atoms with E-state index < -0.39 is 57.5 Å². The van der Waals surface area contributed by atoms with Crippen molar-refractivity contribution in [3.63, 3.8) is 0 Å². The SMILES string of the molecule is CCCC(NC(=O)Oc1ccc(-c2ccccn2)s1)C(=O)N1CCC2C1C(=O)CN2S(=O)(=O)c1cccc[n+]1[O-]. The monoisotopic (exact) mass is 585 g/mol. The van der Waals surface area contributed by atoms with Crippen LogP contribution in [0.25, 0.3) is 10.6 Å². The lowest BCUT2D eigenvalue weighted by atomic mass is 10.1. The molecule has 2 fully saturated rings. The third-order valence-corrected chi connectivity index (χ3v) is 9.73. The molecular weight excluding hydrogens is 558 g/mol. The molecule has 3 aromatic heterocycles. The first-order chi connectivity index (χ1) is 19.2. The van der Waals surface area contributed by atoms with Gasteiger partial charge < -0.3 is 20.2 Å². The van der Waals surface area contributed by atoms with Crippen LogP contribution in [0, 0.1) is 5.21 Å². The quantitative estimate of drug-likeness (QED) is 0.311. The fourth-order valence-electron chi connectivity index (χ4n) is 5.10. The zero-order valence-electron chi connectivity index (χ0n) is 21.5. The van der Waals surface area contributed by atoms with E-state index in [-0.39, 0.29) is 17.7 Å². The number of aromatic nitrogens is 2. The van der Waals surface area contributed by atoms with Crippen LogP contribution in [-0.2, 0) is 19.6 Å². The van der Waals surface area contributed by atoms with Crippen LogP contribution in [0.15, 0.2) is 66.0 Å². The minimum absolute atomic E-state index is 0.132. The number of carbonyl (C=O) groups excluding carboxylic acids is 3. The van der Waals surface area contributed by atoms with Crippen molar-refractivity contribution in [2.75, 3.05) is 13.1 Å². The number of thiophene rings is 1. The largest absolute Gasteiger partial charge is 0.618 e. The Morgan fingerprint density at radius 1 is 1.23 bits per heavy atom. The van der Waals surface area contributed by atoms with E-state index >= 15 is 0 Å². The number of Topliss-reactive ketones (excluding diaryl/α,β-unsaturated/α-hetero) is 1. The van der Waals surface area contributed by atoms with Crippen molar-refractivity contribution in [1.82, 2.24) is 19.5 Å². The fourth-order valence-corrected chi connectivity index (χ4v) is 7.59. The van der Waals surface area contributed by atoms with Crippen LogP contribution in [0.5, 0.6) is 5.06 Å². The van der Waals surface area contributed by atoms with Gasteiger partial charge in [-0.1, -0.05) is 30.7 Å². The van der Waals surface area contributed by atoms with Crippen molar-refractivity contribution in [3.05, 3.63) is 66.1 Å². The van der Waals surface area contributed by atoms with E-state index in [2.05, 4.69) is 10.3 Å². The smallest absolute Gasteiger partial charge is 0.414 e. The normalized spacial score (nSPS) is 19.8. The maximum absolute atomic E-state index is 13.6. The van der Waals surface area contributed by atoms with Crippen LogP contribution in [0.1, 0.15) is 26.2 Å². The zero-order valence-corrected chi connectivity index (χ0v) is 23.1. The highest BCUT2D eigenvalue weighted by atomic mass is 32.2. The number of ketones is 1. The van der Waals surface area contributed by atoms with Gasteiger partial charge >= 0.3 is 21.1 Å². The second-order valence-corrected chi connectivity index (χ2v) is 12.3. The third kappa shape index (κ3) is 5.29. The number of carbonyl (C=O) groups is 3. The van der Waals surface area contributed by atoms with Gasteiger partial charge in [0, 0.05) is 24.9 Å². The van der Waals surface area contributed by atoms with Crippen LogP contribution >= 0.6 is 11.3 Å². The van der Waals surface area contributed by atoms with Crippen molar-refractivity contribution < 1.29 is 32.3 Å². The van der Waals surface area contributed by atoms with Crippen molar-refractivity contribution in [2.24, 2.45) is 0 Å². The Morgan fingerprint density at radius 2 is 2.02 bits per heavy atom. The molecule has 3 aromatic rings. The van der Waals surface area contributed by atoms with Crippen molar-refractivity contribution in [1.29, 1.82) is 0 Å². The van der Waals surface area contributed by atoms with Gasteiger partial charge in [-0.3, -0.25) is 14.6 Å². The standard InChI is InChI=1S/C26H27N5O7S2/c1-2-7-18(28-26(34)38-23-11-10-21(39-23)17-8-3-5-13-27-17)25(33)29-15-12-19-24(29)20(32)16-31(19)40(36,37)22-9-4-6-14-30(22)35/h3-6,8-11,13-14,18-19,24H,2,7,12,15-16H2,1H3,(H,28,34). The molecule has 2 saturated heterocycles. The van der Waals surface area contributed by atoms with E-state index in [0.29, 0.717) is 17.9 Å². The van der Waals surface area contributed by atoms with E-state index in [4.69, 9.17) is 4.74 Å². The van der Waals surface area contributed by atoms with Crippen LogP contribution in [0.3, 0.4) is 0 Å². The number of fused-ring (bicyclic) bond motifs is 1. The molecule has 5 rings (SSSR count). The molecule has 0 aliphatic carbocycles. The molecule has 40 heavy (non-hydrogen) atoms. The molecule has 0 spiro atoms. The summed E-state index contributed by atoms with van der Waals surface area (Å²) in [5.74, 6) is -0.927. The van der Waals surface area contributed by atoms with Gasteiger partial charge in [0.1, 0.15) is 12.1 Å². The van der Waals surface area contributed by atoms with Crippen molar-refractivity contribution in [3.8, 4) is 15.6 Å². The third-order valence-electron chi connectivity index (χ3n) is 6.88. The number of ether oxygens (including phenoxy) is 1. The van der Waals surface area contributed by atoms with E-state index in [1.54, 1.807) is 24.4 Å². The minimum Gasteiger partial charge on any atom is -0.618 e. The first kappa shape index (κ1) is 27.7. The predicted molar refractivity (Wildman–Crippen MR) is 144 cm³/mol. The van der Waals surface area contributed by atoms with Crippen LogP contribution in [0.4, 0.5) is 4.79 Å². The van der Waals surface area contributed by atoms with Gasteiger partial charge in [-0.15, -0.1) is 0 Å². The van der Waals surface area contributed by atoms with Crippen LogP contribution < -0.4 is 14.8 Å². The Hall–Kier alpha value is -3.88. The summed E-state index contributed by atoms with van der Waals surface area (Å²) in [6.45, 7) is 1.54. The lowest BCUT2D eigenvalue weighted by molar-refractivity contribution is -0.646. The number of nitrogens with one attached hydrogen (secondary N) is 1. The van der Waals surface area contributed by atoms with Gasteiger partial charge in [-0.05, 0) is 43.2 Å². The molecule has 2 aliphatic rings. The molecule has 1 N–H and O–H groups in total. The van der Waals surface area contributed by atoms with Gasteiger partial charge in [0.05, 0.1) is 23.2 Å². The van der Waals surface area contributed by atoms with Gasteiger partial charge in [-0.25, -0.2) is 13.2 Å². The Balaban J connectivity index is 1.28. The topological polar surface area (TPSA) is 153 Å². The van der Waals surface area contributed by atoms with Crippen molar-refractivity contribution in [2.45, 2.75) is 49.3 Å². The molecule has 0 bridgehead atoms. The Bertz CT molecular complexity index is 1530. The lowest BCUT2D eigenvalue weighted by Crippen LogP contribution is -2.53. The Morgan fingerprint density at radius 3 is 2.75 bits per heavy atom. The van der Waals surface area contributed by atoms with Gasteiger partial charge in [-0.2, -0.15) is 9.04 Å². The molecular formula is C26H27N5O7S2. The summed E-state index contributed by atoms with van der Waals surface area (Å²) in [6, 6.07) is 10.2. The van der Waals surface area contributed by atoms with E-state index in [0.717, 1.165) is 21.1 Å². The summed E-state index contributed by atoms with van der Waals surface area (Å²) in [4.78, 5) is 45.7. The Labute approximate surface area is 234 Å². The lowest BCUT2D eigenvalue weighted by Gasteiger charge is -2.27. The summed E-state index contributed by atoms with van der Waals surface area (Å²) in [7, 11) is -4.28. The number of likely N-dealkylation sites (tertiary alicyclic amines) is 1. The highest BCUT2D eigenvalue weighted by Crippen LogP contribution is 2.34. The number of pyridine rings is 2. The molecule has 5 heterocycles. The number of hydrogen-bond donors (Lipinski definition) is 1. The average Bonchev–Trinajstić information content (AvgIpc) is 3.66. The molecule has 3 atom stereocenters. The molecule has 210 valence electrons. The highest BCUT2D eigenvalue weighted by molar-refractivity contribution is 7.89. The van der Waals surface area contributed by atoms with Crippen LogP contribution in [0.2, 0.25) is 0 Å². The van der Waals surface area contributed by atoms with E-state index in [1.807, 2.05) is 19.1 Å². The van der Waals surface area contributed by atoms with Gasteiger partial charge in [0.15, 0.2) is 17.0 Å². The second kappa shape index (κ2) is 11.3. The molecule has 0 aromatic carbocycles. The zero-order chi connectivity index (χ0) is 28.4. The number of sulfonamides is 1. The predicted octanol–water partition coefficient (Wildman–Crippen LogP) is 1.94. The maximum Gasteiger partial charge on any atom is 0.414 e. The summed E-state index contributed by atoms with van der Waals surface area (Å²) >= 11 is 1.23. The number of rotatable bonds is 8. The number of amides is 2. The fraction of sp³-hybridized carbons (Fsp3) is 0.346. The molecule has 14 heteroatoms. The summed E-state index contributed by atoms with van der Waals surface area (Å²) < 4.78 is 33.1. The van der Waals surface area contributed by atoms with Crippen LogP contribution in [-0.4, -0.2) is 71.6 Å². The molecule has 0 saturated carbocycles. The second-order valence-electron chi connectivity index (χ2n) is 9.42. The van der Waals surface area contributed by atoms with E-state index in [1.165, 1.54) is 34.4 Å². The molecule has 2 amide bonds. The number of nitrogens with zero attached hydrogens (tertiary/aromatic N) is 4. The number of hydrogen-bond acceptors (Lipinski definition) is 9. The van der Waals surface area contributed by atoms with Gasteiger partial charge in [0.2, 0.25) is 5.91 Å². The molecule has 12 nitrogen and oxygen atoms in total. The Kier molecular flexibility index (Phi) is 7.83. The molecule has 0 radical (unpaired) electrons. The first-order valence-electron chi connectivity index (χ1n) is 12.7. The first-order valence-corrected chi connectivity index (χ1v) is 15.0. The van der Waals surface area contributed by atoms with Crippen molar-refractivity contribution >= 4 is 39.1 Å². The summed E-state index contributed by atoms with van der Waals surface area (Å²) in [5, 5.41) is 14.6. The summed E-state index contributed by atoms with van der Waals surface area (Å²) in [6.07, 6.45) is 3.00. The average molecular weight is 586 g/mol.